The summed E-state index contributed by atoms with van der Waals surface area (Å²) in [4.78, 5) is 15.9. The lowest BCUT2D eigenvalue weighted by atomic mass is 10.0. The average molecular weight is 301 g/mol. The third kappa shape index (κ3) is 2.86. The Balaban J connectivity index is 1.99. The highest BCUT2D eigenvalue weighted by Crippen LogP contribution is 2.30. The summed E-state index contributed by atoms with van der Waals surface area (Å²) in [7, 11) is 0. The predicted octanol–water partition coefficient (Wildman–Crippen LogP) is 2.10. The SMILES string of the molecule is CC1COc2nc(C(N)=O)c(Cc3ccc(F)cc3)cc2N1. The first kappa shape index (κ1) is 14.3. The first-order valence-electron chi connectivity index (χ1n) is 7.00. The van der Waals surface area contributed by atoms with E-state index in [0.717, 1.165) is 11.3 Å². The van der Waals surface area contributed by atoms with E-state index in [9.17, 15) is 9.18 Å². The number of halogens is 1. The lowest BCUT2D eigenvalue weighted by molar-refractivity contribution is 0.0993. The molecule has 3 N–H and O–H groups in total. The molecular weight excluding hydrogens is 285 g/mol. The lowest BCUT2D eigenvalue weighted by Crippen LogP contribution is -2.30. The minimum absolute atomic E-state index is 0.160. The molecule has 0 fully saturated rings. The van der Waals surface area contributed by atoms with Gasteiger partial charge in [-0.3, -0.25) is 4.79 Å². The Labute approximate surface area is 127 Å². The van der Waals surface area contributed by atoms with Gasteiger partial charge < -0.3 is 15.8 Å². The monoisotopic (exact) mass is 301 g/mol. The van der Waals surface area contributed by atoms with E-state index in [1.807, 2.05) is 13.0 Å². The minimum Gasteiger partial charge on any atom is -0.474 e. The maximum atomic E-state index is 13.0. The summed E-state index contributed by atoms with van der Waals surface area (Å²) >= 11 is 0. The third-order valence-corrected chi connectivity index (χ3v) is 3.48. The molecule has 1 aliphatic rings. The van der Waals surface area contributed by atoms with Crippen LogP contribution < -0.4 is 15.8 Å². The van der Waals surface area contributed by atoms with Crippen LogP contribution in [0.2, 0.25) is 0 Å². The zero-order chi connectivity index (χ0) is 15.7. The van der Waals surface area contributed by atoms with Crippen LogP contribution in [-0.4, -0.2) is 23.5 Å². The van der Waals surface area contributed by atoms with E-state index in [1.165, 1.54) is 12.1 Å². The smallest absolute Gasteiger partial charge is 0.267 e. The minimum atomic E-state index is -0.609. The largest absolute Gasteiger partial charge is 0.474 e. The Morgan fingerprint density at radius 2 is 2.18 bits per heavy atom. The highest BCUT2D eigenvalue weighted by molar-refractivity contribution is 5.93. The van der Waals surface area contributed by atoms with Crippen LogP contribution >= 0.6 is 0 Å². The van der Waals surface area contributed by atoms with Crippen LogP contribution in [0.5, 0.6) is 5.88 Å². The molecule has 2 heterocycles. The molecule has 22 heavy (non-hydrogen) atoms. The molecule has 0 saturated carbocycles. The third-order valence-electron chi connectivity index (χ3n) is 3.48. The number of carbonyl (C=O) groups excluding carboxylic acids is 1. The number of fused-ring (bicyclic) bond motifs is 1. The summed E-state index contributed by atoms with van der Waals surface area (Å²) in [6.45, 7) is 2.47. The van der Waals surface area contributed by atoms with Crippen molar-refractivity contribution in [3.63, 3.8) is 0 Å². The number of primary amides is 1. The summed E-state index contributed by atoms with van der Waals surface area (Å²) in [5.74, 6) is -0.525. The molecule has 1 atom stereocenters. The van der Waals surface area contributed by atoms with E-state index in [4.69, 9.17) is 10.5 Å². The molecule has 1 aromatic heterocycles. The van der Waals surface area contributed by atoms with E-state index in [0.29, 0.717) is 24.5 Å². The van der Waals surface area contributed by atoms with Crippen molar-refractivity contribution in [3.05, 3.63) is 53.0 Å². The van der Waals surface area contributed by atoms with Gasteiger partial charge in [0.2, 0.25) is 5.88 Å². The average Bonchev–Trinajstić information content (AvgIpc) is 2.48. The van der Waals surface area contributed by atoms with E-state index in [2.05, 4.69) is 10.3 Å². The predicted molar refractivity (Wildman–Crippen MR) is 80.5 cm³/mol. The number of aromatic nitrogens is 1. The van der Waals surface area contributed by atoms with Crippen molar-refractivity contribution in [2.24, 2.45) is 5.73 Å². The fourth-order valence-corrected chi connectivity index (χ4v) is 2.43. The molecule has 6 heteroatoms. The number of carbonyl (C=O) groups is 1. The summed E-state index contributed by atoms with van der Waals surface area (Å²) in [5.41, 5.74) is 7.89. The van der Waals surface area contributed by atoms with Crippen LogP contribution in [0.4, 0.5) is 10.1 Å². The highest BCUT2D eigenvalue weighted by atomic mass is 19.1. The van der Waals surface area contributed by atoms with Crippen molar-refractivity contribution in [2.75, 3.05) is 11.9 Å². The molecule has 1 aromatic carbocycles. The van der Waals surface area contributed by atoms with Gasteiger partial charge in [-0.15, -0.1) is 0 Å². The summed E-state index contributed by atoms with van der Waals surface area (Å²) in [5, 5.41) is 3.26. The number of rotatable bonds is 3. The maximum absolute atomic E-state index is 13.0. The van der Waals surface area contributed by atoms with Crippen LogP contribution in [0.1, 0.15) is 28.5 Å². The number of nitrogens with one attached hydrogen (secondary N) is 1. The normalized spacial score (nSPS) is 16.4. The van der Waals surface area contributed by atoms with Crippen molar-refractivity contribution in [3.8, 4) is 5.88 Å². The Hall–Kier alpha value is -2.63. The zero-order valence-corrected chi connectivity index (χ0v) is 12.1. The van der Waals surface area contributed by atoms with Crippen LogP contribution in [0.3, 0.4) is 0 Å². The molecule has 1 amide bonds. The van der Waals surface area contributed by atoms with E-state index in [1.54, 1.807) is 12.1 Å². The molecule has 5 nitrogen and oxygen atoms in total. The van der Waals surface area contributed by atoms with Crippen molar-refractivity contribution >= 4 is 11.6 Å². The number of nitrogens with zero attached hydrogens (tertiary/aromatic N) is 1. The van der Waals surface area contributed by atoms with E-state index < -0.39 is 5.91 Å². The Bertz CT molecular complexity index is 716. The van der Waals surface area contributed by atoms with Gasteiger partial charge in [-0.05, 0) is 42.7 Å². The molecule has 114 valence electrons. The first-order valence-corrected chi connectivity index (χ1v) is 7.00. The number of anilines is 1. The van der Waals surface area contributed by atoms with Crippen LogP contribution in [0.15, 0.2) is 30.3 Å². The van der Waals surface area contributed by atoms with Gasteiger partial charge >= 0.3 is 0 Å². The molecule has 1 unspecified atom stereocenters. The fraction of sp³-hybridized carbons (Fsp3) is 0.250. The molecule has 0 spiro atoms. The number of hydrogen-bond acceptors (Lipinski definition) is 4. The van der Waals surface area contributed by atoms with Gasteiger partial charge in [0, 0.05) is 0 Å². The molecule has 0 aliphatic carbocycles. The standard InChI is InChI=1S/C16H16FN3O2/c1-9-8-22-16-13(19-9)7-11(14(20-16)15(18)21)6-10-2-4-12(17)5-3-10/h2-5,7,9,19H,6,8H2,1H3,(H2,18,21). The Morgan fingerprint density at radius 3 is 2.86 bits per heavy atom. The molecule has 2 aromatic rings. The van der Waals surface area contributed by atoms with Crippen molar-refractivity contribution in [2.45, 2.75) is 19.4 Å². The summed E-state index contributed by atoms with van der Waals surface area (Å²) in [6.07, 6.45) is 0.439. The Morgan fingerprint density at radius 1 is 1.45 bits per heavy atom. The van der Waals surface area contributed by atoms with Gasteiger partial charge in [0.25, 0.3) is 5.91 Å². The number of pyridine rings is 1. The number of benzene rings is 1. The lowest BCUT2D eigenvalue weighted by Gasteiger charge is -2.25. The number of amides is 1. The summed E-state index contributed by atoms with van der Waals surface area (Å²) in [6, 6.07) is 8.09. The van der Waals surface area contributed by atoms with Crippen LogP contribution in [0, 0.1) is 5.82 Å². The van der Waals surface area contributed by atoms with Gasteiger partial charge in [-0.1, -0.05) is 12.1 Å². The number of ether oxygens (including phenoxy) is 1. The van der Waals surface area contributed by atoms with Crippen LogP contribution in [-0.2, 0) is 6.42 Å². The highest BCUT2D eigenvalue weighted by Gasteiger charge is 2.21. The summed E-state index contributed by atoms with van der Waals surface area (Å²) < 4.78 is 18.5. The number of nitrogens with two attached hydrogens (primary N) is 1. The van der Waals surface area contributed by atoms with Gasteiger partial charge in [0.05, 0.1) is 11.7 Å². The van der Waals surface area contributed by atoms with E-state index in [-0.39, 0.29) is 17.6 Å². The van der Waals surface area contributed by atoms with Gasteiger partial charge in [-0.25, -0.2) is 9.37 Å². The maximum Gasteiger partial charge on any atom is 0.267 e. The zero-order valence-electron chi connectivity index (χ0n) is 12.1. The molecule has 1 aliphatic heterocycles. The van der Waals surface area contributed by atoms with Gasteiger partial charge in [0.1, 0.15) is 18.1 Å². The van der Waals surface area contributed by atoms with Gasteiger partial charge in [-0.2, -0.15) is 0 Å². The van der Waals surface area contributed by atoms with Gasteiger partial charge in [0.15, 0.2) is 0 Å². The molecule has 0 saturated heterocycles. The van der Waals surface area contributed by atoms with E-state index >= 15 is 0 Å². The molecular formula is C16H16FN3O2. The quantitative estimate of drug-likeness (QED) is 0.910. The Kier molecular flexibility index (Phi) is 3.66. The van der Waals surface area contributed by atoms with Crippen molar-refractivity contribution in [1.82, 2.24) is 4.98 Å². The fourth-order valence-electron chi connectivity index (χ4n) is 2.43. The molecule has 0 bridgehead atoms. The first-order chi connectivity index (χ1) is 10.5. The van der Waals surface area contributed by atoms with Crippen LogP contribution in [0.25, 0.3) is 0 Å². The van der Waals surface area contributed by atoms with Crippen molar-refractivity contribution < 1.29 is 13.9 Å². The second kappa shape index (κ2) is 5.63. The molecule has 3 rings (SSSR count). The van der Waals surface area contributed by atoms with Crippen molar-refractivity contribution in [1.29, 1.82) is 0 Å². The topological polar surface area (TPSA) is 77.2 Å². The number of hydrogen-bond donors (Lipinski definition) is 2. The second-order valence-electron chi connectivity index (χ2n) is 5.37. The second-order valence-corrected chi connectivity index (χ2v) is 5.37. The molecule has 0 radical (unpaired) electrons.